The van der Waals surface area contributed by atoms with Gasteiger partial charge in [0.1, 0.15) is 5.76 Å². The van der Waals surface area contributed by atoms with Gasteiger partial charge in [0.05, 0.1) is 22.7 Å². The van der Waals surface area contributed by atoms with E-state index in [0.717, 1.165) is 23.8 Å². The van der Waals surface area contributed by atoms with Crippen LogP contribution in [0.25, 0.3) is 0 Å². The largest absolute Gasteiger partial charge is 0.468 e. The van der Waals surface area contributed by atoms with E-state index in [9.17, 15) is 0 Å². The van der Waals surface area contributed by atoms with Crippen molar-refractivity contribution in [2.45, 2.75) is 50.6 Å². The van der Waals surface area contributed by atoms with E-state index in [1.165, 1.54) is 10.6 Å². The fraction of sp³-hybridized carbons (Fsp3) is 0.533. The fourth-order valence-corrected chi connectivity index (χ4v) is 3.02. The average Bonchev–Trinajstić information content (AvgIpc) is 2.92. The lowest BCUT2D eigenvalue weighted by atomic mass is 10.1. The quantitative estimate of drug-likeness (QED) is 0.857. The molecular formula is C15H23N3OS. The summed E-state index contributed by atoms with van der Waals surface area (Å²) in [5, 5.41) is 9.28. The number of nitrogens with one attached hydrogen (secondary N) is 1. The van der Waals surface area contributed by atoms with Crippen molar-refractivity contribution < 1.29 is 4.42 Å². The zero-order valence-corrected chi connectivity index (χ0v) is 13.7. The molecule has 0 aliphatic carbocycles. The number of hydrogen-bond acceptors (Lipinski definition) is 4. The predicted octanol–water partition coefficient (Wildman–Crippen LogP) is 3.50. The summed E-state index contributed by atoms with van der Waals surface area (Å²) in [5.74, 6) is 1.82. The van der Waals surface area contributed by atoms with Gasteiger partial charge >= 0.3 is 0 Å². The highest BCUT2D eigenvalue weighted by molar-refractivity contribution is 7.98. The van der Waals surface area contributed by atoms with Crippen LogP contribution in [0, 0.1) is 6.92 Å². The maximum Gasteiger partial charge on any atom is 0.114 e. The molecule has 5 heteroatoms. The summed E-state index contributed by atoms with van der Waals surface area (Å²) in [7, 11) is 2.00. The second kappa shape index (κ2) is 6.06. The molecule has 0 aliphatic heterocycles. The Labute approximate surface area is 124 Å². The fourth-order valence-electron chi connectivity index (χ4n) is 1.95. The van der Waals surface area contributed by atoms with Gasteiger partial charge in [0.25, 0.3) is 0 Å². The molecule has 2 aromatic rings. The zero-order valence-electron chi connectivity index (χ0n) is 12.9. The van der Waals surface area contributed by atoms with Crippen LogP contribution in [0.3, 0.4) is 0 Å². The third-order valence-electron chi connectivity index (χ3n) is 3.02. The van der Waals surface area contributed by atoms with Crippen LogP contribution in [0.15, 0.2) is 27.8 Å². The number of nitrogens with zero attached hydrogens (tertiary/aromatic N) is 2. The van der Waals surface area contributed by atoms with Gasteiger partial charge in [-0.3, -0.25) is 4.68 Å². The predicted molar refractivity (Wildman–Crippen MR) is 82.8 cm³/mol. The van der Waals surface area contributed by atoms with Crippen LogP contribution in [0.4, 0.5) is 0 Å². The zero-order chi connectivity index (χ0) is 14.8. The molecule has 0 amide bonds. The van der Waals surface area contributed by atoms with Gasteiger partial charge in [-0.1, -0.05) is 11.8 Å². The van der Waals surface area contributed by atoms with Crippen LogP contribution in [-0.4, -0.2) is 15.3 Å². The highest BCUT2D eigenvalue weighted by Gasteiger charge is 2.17. The number of hydrogen-bond donors (Lipinski definition) is 1. The Morgan fingerprint density at radius 2 is 2.15 bits per heavy atom. The van der Waals surface area contributed by atoms with Crippen LogP contribution >= 0.6 is 11.8 Å². The number of thioether (sulfide) groups is 1. The molecule has 2 aromatic heterocycles. The molecule has 2 rings (SSSR count). The highest BCUT2D eigenvalue weighted by Crippen LogP contribution is 2.28. The SMILES string of the molecule is Cc1nn(C)c(SCc2ccco2)c1CNC(C)(C)C. The standard InChI is InChI=1S/C15H23N3OS/c1-11-13(9-16-15(2,3)4)14(18(5)17-11)20-10-12-7-6-8-19-12/h6-8,16H,9-10H2,1-5H3. The van der Waals surface area contributed by atoms with E-state index in [-0.39, 0.29) is 5.54 Å². The highest BCUT2D eigenvalue weighted by atomic mass is 32.2. The number of rotatable bonds is 5. The molecular weight excluding hydrogens is 270 g/mol. The Kier molecular flexibility index (Phi) is 4.60. The first-order valence-electron chi connectivity index (χ1n) is 6.79. The van der Waals surface area contributed by atoms with Crippen LogP contribution < -0.4 is 5.32 Å². The van der Waals surface area contributed by atoms with Crippen LogP contribution in [-0.2, 0) is 19.3 Å². The summed E-state index contributed by atoms with van der Waals surface area (Å²) in [5.41, 5.74) is 2.47. The first-order valence-corrected chi connectivity index (χ1v) is 7.78. The summed E-state index contributed by atoms with van der Waals surface area (Å²) in [6.45, 7) is 9.43. The van der Waals surface area contributed by atoms with Gasteiger partial charge in [-0.25, -0.2) is 0 Å². The average molecular weight is 293 g/mol. The van der Waals surface area contributed by atoms with Gasteiger partial charge in [0, 0.05) is 24.7 Å². The lowest BCUT2D eigenvalue weighted by molar-refractivity contribution is 0.421. The van der Waals surface area contributed by atoms with Crippen LogP contribution in [0.5, 0.6) is 0 Å². The van der Waals surface area contributed by atoms with Gasteiger partial charge < -0.3 is 9.73 Å². The lowest BCUT2D eigenvalue weighted by Crippen LogP contribution is -2.35. The first-order chi connectivity index (χ1) is 9.37. The molecule has 0 atom stereocenters. The minimum absolute atomic E-state index is 0.102. The number of aryl methyl sites for hydroxylation is 2. The van der Waals surface area contributed by atoms with E-state index in [2.05, 4.69) is 38.1 Å². The molecule has 0 unspecified atom stereocenters. The van der Waals surface area contributed by atoms with Crippen LogP contribution in [0.1, 0.15) is 37.8 Å². The summed E-state index contributed by atoms with van der Waals surface area (Å²) >= 11 is 1.77. The maximum absolute atomic E-state index is 5.39. The molecule has 110 valence electrons. The summed E-state index contributed by atoms with van der Waals surface area (Å²) < 4.78 is 7.35. The van der Waals surface area contributed by atoms with Crippen molar-refractivity contribution in [1.82, 2.24) is 15.1 Å². The van der Waals surface area contributed by atoms with Crippen LogP contribution in [0.2, 0.25) is 0 Å². The van der Waals surface area contributed by atoms with Crippen molar-refractivity contribution >= 4 is 11.8 Å². The third kappa shape index (κ3) is 3.90. The van der Waals surface area contributed by atoms with E-state index >= 15 is 0 Å². The number of furan rings is 1. The summed E-state index contributed by atoms with van der Waals surface area (Å²) in [4.78, 5) is 0. The Morgan fingerprint density at radius 1 is 1.40 bits per heavy atom. The maximum atomic E-state index is 5.39. The van der Waals surface area contributed by atoms with Gasteiger partial charge in [0.15, 0.2) is 0 Å². The van der Waals surface area contributed by atoms with Gasteiger partial charge in [-0.05, 0) is 39.8 Å². The van der Waals surface area contributed by atoms with Gasteiger partial charge in [-0.2, -0.15) is 5.10 Å². The Bertz CT molecular complexity index is 552. The minimum atomic E-state index is 0.102. The van der Waals surface area contributed by atoms with Crippen molar-refractivity contribution in [3.05, 3.63) is 35.4 Å². The molecule has 0 fully saturated rings. The van der Waals surface area contributed by atoms with Crippen molar-refractivity contribution in [3.63, 3.8) is 0 Å². The summed E-state index contributed by atoms with van der Waals surface area (Å²) in [6.07, 6.45) is 1.71. The normalized spacial score (nSPS) is 12.1. The second-order valence-electron chi connectivity index (χ2n) is 5.96. The molecule has 0 saturated heterocycles. The van der Waals surface area contributed by atoms with E-state index < -0.39 is 0 Å². The molecule has 20 heavy (non-hydrogen) atoms. The molecule has 2 heterocycles. The molecule has 4 nitrogen and oxygen atoms in total. The first kappa shape index (κ1) is 15.2. The third-order valence-corrected chi connectivity index (χ3v) is 4.23. The van der Waals surface area contributed by atoms with Gasteiger partial charge in [-0.15, -0.1) is 0 Å². The molecule has 0 spiro atoms. The Balaban J connectivity index is 2.10. The van der Waals surface area contributed by atoms with E-state index in [4.69, 9.17) is 4.42 Å². The molecule has 0 aromatic carbocycles. The topological polar surface area (TPSA) is 43.0 Å². The number of aromatic nitrogens is 2. The van der Waals surface area contributed by atoms with Crippen molar-refractivity contribution in [3.8, 4) is 0 Å². The molecule has 1 N–H and O–H groups in total. The van der Waals surface area contributed by atoms with E-state index in [0.29, 0.717) is 0 Å². The molecule has 0 radical (unpaired) electrons. The van der Waals surface area contributed by atoms with E-state index in [1.54, 1.807) is 18.0 Å². The summed E-state index contributed by atoms with van der Waals surface area (Å²) in [6, 6.07) is 3.93. The van der Waals surface area contributed by atoms with Crippen molar-refractivity contribution in [2.24, 2.45) is 7.05 Å². The second-order valence-corrected chi connectivity index (χ2v) is 6.93. The molecule has 0 bridgehead atoms. The smallest absolute Gasteiger partial charge is 0.114 e. The van der Waals surface area contributed by atoms with Gasteiger partial charge in [0.2, 0.25) is 0 Å². The minimum Gasteiger partial charge on any atom is -0.468 e. The van der Waals surface area contributed by atoms with E-state index in [1.807, 2.05) is 23.9 Å². The Morgan fingerprint density at radius 3 is 2.75 bits per heavy atom. The van der Waals surface area contributed by atoms with Crippen molar-refractivity contribution in [1.29, 1.82) is 0 Å². The Hall–Kier alpha value is -1.20. The van der Waals surface area contributed by atoms with Crippen molar-refractivity contribution in [2.75, 3.05) is 0 Å². The monoisotopic (exact) mass is 293 g/mol. The molecule has 0 aliphatic rings. The molecule has 0 saturated carbocycles. The lowest BCUT2D eigenvalue weighted by Gasteiger charge is -2.20.